The minimum absolute atomic E-state index is 0.0931. The fraction of sp³-hybridized carbons (Fsp3) is 0.150. The zero-order chi connectivity index (χ0) is 19.1. The molecule has 0 unspecified atom stereocenters. The van der Waals surface area contributed by atoms with Crippen molar-refractivity contribution in [2.75, 3.05) is 4.90 Å². The number of imide groups is 2. The number of hydrogen-bond acceptors (Lipinski definition) is 4. The van der Waals surface area contributed by atoms with Crippen LogP contribution < -0.4 is 15.0 Å². The molecule has 4 amide bonds. The van der Waals surface area contributed by atoms with Gasteiger partial charge in [0.2, 0.25) is 0 Å². The summed E-state index contributed by atoms with van der Waals surface area (Å²) in [5.41, 5.74) is 2.02. The first-order valence-corrected chi connectivity index (χ1v) is 9.18. The van der Waals surface area contributed by atoms with Crippen molar-refractivity contribution in [3.8, 4) is 5.75 Å². The van der Waals surface area contributed by atoms with Crippen molar-refractivity contribution in [1.29, 1.82) is 0 Å². The number of halogens is 1. The maximum absolute atomic E-state index is 12.9. The number of urea groups is 1. The summed E-state index contributed by atoms with van der Waals surface area (Å²) in [6.07, 6.45) is 2.38. The van der Waals surface area contributed by atoms with E-state index in [-0.39, 0.29) is 11.7 Å². The lowest BCUT2D eigenvalue weighted by Crippen LogP contribution is -2.54. The summed E-state index contributed by atoms with van der Waals surface area (Å²) in [6, 6.07) is 11.4. The molecule has 2 aliphatic heterocycles. The molecule has 2 heterocycles. The molecule has 27 heavy (non-hydrogen) atoms. The van der Waals surface area contributed by atoms with Gasteiger partial charge in [0.05, 0.1) is 5.69 Å². The van der Waals surface area contributed by atoms with Crippen molar-refractivity contribution >= 4 is 45.5 Å². The molecule has 0 bridgehead atoms. The first-order chi connectivity index (χ1) is 12.9. The molecular formula is C20H15BrN2O4. The summed E-state index contributed by atoms with van der Waals surface area (Å²) in [6.45, 7) is 1.98. The first kappa shape index (κ1) is 17.5. The highest BCUT2D eigenvalue weighted by molar-refractivity contribution is 9.10. The molecule has 0 aromatic heterocycles. The standard InChI is InChI=1S/C20H15BrN2O4/c1-11-8-13-9-12(2-7-17(13)27-11)10-16-18(24)22-20(26)23(19(16)25)15-5-3-14(21)4-6-15/h2-7,9-11H,8H2,1H3,(H,22,24,26)/b16-10+/t11-/m0/s1. The van der Waals surface area contributed by atoms with Gasteiger partial charge in [-0.05, 0) is 60.5 Å². The van der Waals surface area contributed by atoms with Crippen molar-refractivity contribution in [1.82, 2.24) is 5.32 Å². The topological polar surface area (TPSA) is 75.7 Å². The third kappa shape index (κ3) is 3.26. The highest BCUT2D eigenvalue weighted by atomic mass is 79.9. The van der Waals surface area contributed by atoms with Crippen LogP contribution >= 0.6 is 15.9 Å². The average molecular weight is 427 g/mol. The SMILES string of the molecule is C[C@H]1Cc2cc(/C=C3\C(=O)NC(=O)N(c4ccc(Br)cc4)C3=O)ccc2O1. The number of rotatable bonds is 2. The number of hydrogen-bond donors (Lipinski definition) is 1. The third-order valence-corrected chi connectivity index (χ3v) is 4.95. The van der Waals surface area contributed by atoms with Crippen molar-refractivity contribution in [3.05, 3.63) is 63.6 Å². The van der Waals surface area contributed by atoms with Gasteiger partial charge in [0, 0.05) is 10.9 Å². The van der Waals surface area contributed by atoms with Crippen LogP contribution in [0.3, 0.4) is 0 Å². The molecule has 2 aromatic rings. The molecule has 136 valence electrons. The smallest absolute Gasteiger partial charge is 0.335 e. The second-order valence-corrected chi connectivity index (χ2v) is 7.35. The van der Waals surface area contributed by atoms with E-state index in [0.717, 1.165) is 27.1 Å². The molecule has 0 radical (unpaired) electrons. The third-order valence-electron chi connectivity index (χ3n) is 4.42. The predicted molar refractivity (Wildman–Crippen MR) is 103 cm³/mol. The summed E-state index contributed by atoms with van der Waals surface area (Å²) < 4.78 is 6.49. The van der Waals surface area contributed by atoms with Crippen LogP contribution in [0.4, 0.5) is 10.5 Å². The molecule has 6 nitrogen and oxygen atoms in total. The summed E-state index contributed by atoms with van der Waals surface area (Å²) in [4.78, 5) is 38.3. The van der Waals surface area contributed by atoms with Crippen LogP contribution in [0.25, 0.3) is 6.08 Å². The van der Waals surface area contributed by atoms with Crippen LogP contribution in [0.1, 0.15) is 18.1 Å². The molecule has 1 saturated heterocycles. The number of anilines is 1. The molecule has 2 aromatic carbocycles. The van der Waals surface area contributed by atoms with Gasteiger partial charge in [-0.25, -0.2) is 9.69 Å². The summed E-state index contributed by atoms with van der Waals surface area (Å²) in [5.74, 6) is -0.546. The van der Waals surface area contributed by atoms with Crippen LogP contribution in [-0.2, 0) is 16.0 Å². The van der Waals surface area contributed by atoms with Gasteiger partial charge in [0.25, 0.3) is 11.8 Å². The Morgan fingerprint density at radius 3 is 2.63 bits per heavy atom. The minimum atomic E-state index is -0.763. The van der Waals surface area contributed by atoms with Gasteiger partial charge in [-0.15, -0.1) is 0 Å². The van der Waals surface area contributed by atoms with E-state index in [2.05, 4.69) is 21.2 Å². The monoisotopic (exact) mass is 426 g/mol. The Balaban J connectivity index is 1.69. The van der Waals surface area contributed by atoms with Gasteiger partial charge in [0.1, 0.15) is 17.4 Å². The van der Waals surface area contributed by atoms with Crippen LogP contribution in [0.15, 0.2) is 52.5 Å². The fourth-order valence-electron chi connectivity index (χ4n) is 3.18. The Morgan fingerprint density at radius 1 is 1.15 bits per heavy atom. The van der Waals surface area contributed by atoms with Gasteiger partial charge in [-0.3, -0.25) is 14.9 Å². The molecule has 1 N–H and O–H groups in total. The van der Waals surface area contributed by atoms with Gasteiger partial charge in [0.15, 0.2) is 0 Å². The van der Waals surface area contributed by atoms with Crippen LogP contribution in [-0.4, -0.2) is 23.9 Å². The normalized spacial score (nSPS) is 20.5. The van der Waals surface area contributed by atoms with Crippen LogP contribution in [0, 0.1) is 0 Å². The lowest BCUT2D eigenvalue weighted by Gasteiger charge is -2.26. The zero-order valence-electron chi connectivity index (χ0n) is 14.4. The number of amides is 4. The molecular weight excluding hydrogens is 412 g/mol. The number of ether oxygens (including phenoxy) is 1. The van der Waals surface area contributed by atoms with Gasteiger partial charge in [-0.1, -0.05) is 22.0 Å². The number of benzene rings is 2. The maximum Gasteiger partial charge on any atom is 0.335 e. The van der Waals surface area contributed by atoms with Gasteiger partial charge in [-0.2, -0.15) is 0 Å². The lowest BCUT2D eigenvalue weighted by atomic mass is 10.0. The summed E-state index contributed by atoms with van der Waals surface area (Å²) >= 11 is 3.31. The van der Waals surface area contributed by atoms with E-state index in [1.54, 1.807) is 30.3 Å². The zero-order valence-corrected chi connectivity index (χ0v) is 15.9. The number of nitrogens with one attached hydrogen (secondary N) is 1. The van der Waals surface area contributed by atoms with Crippen molar-refractivity contribution in [3.63, 3.8) is 0 Å². The average Bonchev–Trinajstić information content (AvgIpc) is 2.99. The Hall–Kier alpha value is -2.93. The number of carbonyl (C=O) groups excluding carboxylic acids is 3. The van der Waals surface area contributed by atoms with Crippen molar-refractivity contribution in [2.24, 2.45) is 0 Å². The van der Waals surface area contributed by atoms with Crippen molar-refractivity contribution < 1.29 is 19.1 Å². The maximum atomic E-state index is 12.9. The molecule has 2 aliphatic rings. The second-order valence-electron chi connectivity index (χ2n) is 6.43. The van der Waals surface area contributed by atoms with Crippen LogP contribution in [0.5, 0.6) is 5.75 Å². The minimum Gasteiger partial charge on any atom is -0.490 e. The number of barbiturate groups is 1. The molecule has 0 aliphatic carbocycles. The molecule has 4 rings (SSSR count). The molecule has 1 fully saturated rings. The second kappa shape index (κ2) is 6.66. The largest absolute Gasteiger partial charge is 0.490 e. The Labute approximate surface area is 163 Å². The van der Waals surface area contributed by atoms with Crippen LogP contribution in [0.2, 0.25) is 0 Å². The Morgan fingerprint density at radius 2 is 1.89 bits per heavy atom. The Kier molecular flexibility index (Phi) is 4.31. The Bertz CT molecular complexity index is 998. The summed E-state index contributed by atoms with van der Waals surface area (Å²) in [5, 5.41) is 2.23. The van der Waals surface area contributed by atoms with E-state index in [0.29, 0.717) is 11.3 Å². The predicted octanol–water partition coefficient (Wildman–Crippen LogP) is 3.44. The van der Waals surface area contributed by atoms with Gasteiger partial charge < -0.3 is 4.74 Å². The quantitative estimate of drug-likeness (QED) is 0.589. The number of carbonyl (C=O) groups is 3. The van der Waals surface area contributed by atoms with Crippen molar-refractivity contribution in [2.45, 2.75) is 19.4 Å². The van der Waals surface area contributed by atoms with Gasteiger partial charge >= 0.3 is 6.03 Å². The highest BCUT2D eigenvalue weighted by Gasteiger charge is 2.36. The van der Waals surface area contributed by atoms with E-state index in [1.807, 2.05) is 19.1 Å². The number of nitrogens with zero attached hydrogens (tertiary/aromatic N) is 1. The number of fused-ring (bicyclic) bond motifs is 1. The van der Waals surface area contributed by atoms with E-state index in [9.17, 15) is 14.4 Å². The highest BCUT2D eigenvalue weighted by Crippen LogP contribution is 2.30. The molecule has 0 spiro atoms. The molecule has 7 heteroatoms. The van der Waals surface area contributed by atoms with E-state index < -0.39 is 17.8 Å². The molecule has 0 saturated carbocycles. The first-order valence-electron chi connectivity index (χ1n) is 8.39. The lowest BCUT2D eigenvalue weighted by molar-refractivity contribution is -0.122. The fourth-order valence-corrected chi connectivity index (χ4v) is 3.44. The summed E-state index contributed by atoms with van der Waals surface area (Å²) in [7, 11) is 0. The van der Waals surface area contributed by atoms with E-state index in [1.165, 1.54) is 6.08 Å². The van der Waals surface area contributed by atoms with E-state index in [4.69, 9.17) is 4.74 Å². The molecule has 1 atom stereocenters. The van der Waals surface area contributed by atoms with E-state index >= 15 is 0 Å².